The largest absolute Gasteiger partial charge is 0.492 e. The Hall–Kier alpha value is -1.54. The summed E-state index contributed by atoms with van der Waals surface area (Å²) >= 11 is 0. The zero-order valence-electron chi connectivity index (χ0n) is 11.6. The summed E-state index contributed by atoms with van der Waals surface area (Å²) in [5.74, 6) is 6.27. The van der Waals surface area contributed by atoms with Crippen molar-refractivity contribution in [3.8, 4) is 17.6 Å². The molecule has 108 valence electrons. The lowest BCUT2D eigenvalue weighted by Crippen LogP contribution is -2.35. The second-order valence-corrected chi connectivity index (χ2v) is 4.85. The Bertz CT molecular complexity index is 461. The molecule has 1 atom stereocenters. The van der Waals surface area contributed by atoms with Gasteiger partial charge in [-0.2, -0.15) is 0 Å². The van der Waals surface area contributed by atoms with E-state index in [1.807, 2.05) is 24.3 Å². The number of hydrogen-bond acceptors (Lipinski definition) is 4. The first kappa shape index (κ1) is 14.9. The standard InChI is InChI=1S/C16H21NO3/c18-11-2-3-14-5-7-16(8-6-14)20-12-10-17-9-1-4-15(17)13-19/h5-8,15,18-19H,1,4,9-13H2. The number of nitrogens with zero attached hydrogens (tertiary/aromatic N) is 1. The van der Waals surface area contributed by atoms with Crippen LogP contribution in [-0.2, 0) is 0 Å². The molecule has 2 N–H and O–H groups in total. The minimum atomic E-state index is -0.125. The topological polar surface area (TPSA) is 52.9 Å². The van der Waals surface area contributed by atoms with Crippen molar-refractivity contribution in [1.82, 2.24) is 4.90 Å². The molecule has 1 aliphatic heterocycles. The van der Waals surface area contributed by atoms with Gasteiger partial charge in [-0.1, -0.05) is 11.8 Å². The fourth-order valence-electron chi connectivity index (χ4n) is 2.45. The van der Waals surface area contributed by atoms with E-state index in [0.29, 0.717) is 12.6 Å². The third-order valence-corrected chi connectivity index (χ3v) is 3.52. The molecule has 0 spiro atoms. The lowest BCUT2D eigenvalue weighted by molar-refractivity contribution is 0.139. The Morgan fingerprint density at radius 3 is 2.75 bits per heavy atom. The van der Waals surface area contributed by atoms with E-state index < -0.39 is 0 Å². The van der Waals surface area contributed by atoms with E-state index in [-0.39, 0.29) is 13.2 Å². The molecule has 0 aromatic heterocycles. The van der Waals surface area contributed by atoms with Crippen LogP contribution in [0.5, 0.6) is 5.75 Å². The van der Waals surface area contributed by atoms with Crippen molar-refractivity contribution in [2.45, 2.75) is 18.9 Å². The summed E-state index contributed by atoms with van der Waals surface area (Å²) in [6.45, 7) is 2.62. The van der Waals surface area contributed by atoms with E-state index in [1.165, 1.54) is 0 Å². The van der Waals surface area contributed by atoms with Crippen molar-refractivity contribution >= 4 is 0 Å². The second kappa shape index (κ2) is 7.91. The van der Waals surface area contributed by atoms with Crippen LogP contribution in [0.25, 0.3) is 0 Å². The fraction of sp³-hybridized carbons (Fsp3) is 0.500. The second-order valence-electron chi connectivity index (χ2n) is 4.85. The van der Waals surface area contributed by atoms with Gasteiger partial charge < -0.3 is 14.9 Å². The highest BCUT2D eigenvalue weighted by molar-refractivity contribution is 5.38. The number of hydrogen-bond donors (Lipinski definition) is 2. The number of ether oxygens (including phenoxy) is 1. The molecule has 1 heterocycles. The van der Waals surface area contributed by atoms with E-state index in [2.05, 4.69) is 16.7 Å². The van der Waals surface area contributed by atoms with Crippen molar-refractivity contribution in [2.75, 3.05) is 32.9 Å². The highest BCUT2D eigenvalue weighted by Crippen LogP contribution is 2.16. The van der Waals surface area contributed by atoms with Crippen LogP contribution in [-0.4, -0.2) is 54.1 Å². The quantitative estimate of drug-likeness (QED) is 0.783. The summed E-state index contributed by atoms with van der Waals surface area (Å²) < 4.78 is 5.70. The van der Waals surface area contributed by atoms with Gasteiger partial charge in [0.2, 0.25) is 0 Å². The summed E-state index contributed by atoms with van der Waals surface area (Å²) in [5.41, 5.74) is 0.867. The maximum absolute atomic E-state index is 9.24. The van der Waals surface area contributed by atoms with Gasteiger partial charge >= 0.3 is 0 Å². The van der Waals surface area contributed by atoms with Crippen molar-refractivity contribution in [3.05, 3.63) is 29.8 Å². The Labute approximate surface area is 120 Å². The minimum absolute atomic E-state index is 0.125. The molecule has 1 aliphatic rings. The normalized spacial score (nSPS) is 18.6. The lowest BCUT2D eigenvalue weighted by Gasteiger charge is -2.22. The predicted molar refractivity (Wildman–Crippen MR) is 77.6 cm³/mol. The average molecular weight is 275 g/mol. The first-order valence-corrected chi connectivity index (χ1v) is 7.01. The van der Waals surface area contributed by atoms with Crippen molar-refractivity contribution < 1.29 is 14.9 Å². The SMILES string of the molecule is OCC#Cc1ccc(OCCN2CCCC2CO)cc1. The fourth-order valence-corrected chi connectivity index (χ4v) is 2.45. The molecule has 4 nitrogen and oxygen atoms in total. The summed E-state index contributed by atoms with van der Waals surface area (Å²) in [6, 6.07) is 7.83. The molecule has 20 heavy (non-hydrogen) atoms. The highest BCUT2D eigenvalue weighted by atomic mass is 16.5. The van der Waals surface area contributed by atoms with E-state index in [4.69, 9.17) is 9.84 Å². The Kier molecular flexibility index (Phi) is 5.87. The molecule has 0 aliphatic carbocycles. The summed E-state index contributed by atoms with van der Waals surface area (Å²) in [5, 5.41) is 17.9. The molecule has 1 fully saturated rings. The lowest BCUT2D eigenvalue weighted by atomic mass is 10.2. The zero-order valence-corrected chi connectivity index (χ0v) is 11.6. The van der Waals surface area contributed by atoms with E-state index >= 15 is 0 Å². The van der Waals surface area contributed by atoms with Gasteiger partial charge in [-0.05, 0) is 43.7 Å². The number of aliphatic hydroxyl groups is 2. The van der Waals surface area contributed by atoms with Crippen LogP contribution in [0.15, 0.2) is 24.3 Å². The molecule has 1 unspecified atom stereocenters. The molecule has 0 saturated carbocycles. The van der Waals surface area contributed by atoms with Crippen LogP contribution < -0.4 is 4.74 Å². The molecule has 2 rings (SSSR count). The third kappa shape index (κ3) is 4.24. The van der Waals surface area contributed by atoms with Gasteiger partial charge in [-0.3, -0.25) is 4.90 Å². The van der Waals surface area contributed by atoms with Gasteiger partial charge in [0, 0.05) is 18.2 Å². The number of benzene rings is 1. The van der Waals surface area contributed by atoms with Crippen molar-refractivity contribution in [1.29, 1.82) is 0 Å². The average Bonchev–Trinajstić information content (AvgIpc) is 2.94. The van der Waals surface area contributed by atoms with E-state index in [9.17, 15) is 5.11 Å². The molecule has 1 saturated heterocycles. The number of likely N-dealkylation sites (tertiary alicyclic amines) is 1. The van der Waals surface area contributed by atoms with Gasteiger partial charge in [-0.25, -0.2) is 0 Å². The molecular formula is C16H21NO3. The molecule has 0 amide bonds. The van der Waals surface area contributed by atoms with Gasteiger partial charge in [0.25, 0.3) is 0 Å². The van der Waals surface area contributed by atoms with Crippen LogP contribution in [0, 0.1) is 11.8 Å². The van der Waals surface area contributed by atoms with E-state index in [1.54, 1.807) is 0 Å². The molecule has 0 radical (unpaired) electrons. The number of aliphatic hydroxyl groups excluding tert-OH is 2. The highest BCUT2D eigenvalue weighted by Gasteiger charge is 2.22. The molecule has 4 heteroatoms. The van der Waals surface area contributed by atoms with Gasteiger partial charge in [0.05, 0.1) is 6.61 Å². The first-order chi connectivity index (χ1) is 9.83. The summed E-state index contributed by atoms with van der Waals surface area (Å²) in [6.07, 6.45) is 2.23. The van der Waals surface area contributed by atoms with Crippen LogP contribution in [0.1, 0.15) is 18.4 Å². The zero-order chi connectivity index (χ0) is 14.2. The summed E-state index contributed by atoms with van der Waals surface area (Å²) in [7, 11) is 0. The van der Waals surface area contributed by atoms with Gasteiger partial charge in [0.1, 0.15) is 19.0 Å². The van der Waals surface area contributed by atoms with Crippen LogP contribution >= 0.6 is 0 Å². The maximum atomic E-state index is 9.24. The molecule has 0 bridgehead atoms. The van der Waals surface area contributed by atoms with E-state index in [0.717, 1.165) is 37.2 Å². The summed E-state index contributed by atoms with van der Waals surface area (Å²) in [4.78, 5) is 2.28. The van der Waals surface area contributed by atoms with Crippen LogP contribution in [0.4, 0.5) is 0 Å². The van der Waals surface area contributed by atoms with Gasteiger partial charge in [0.15, 0.2) is 0 Å². The third-order valence-electron chi connectivity index (χ3n) is 3.52. The minimum Gasteiger partial charge on any atom is -0.492 e. The van der Waals surface area contributed by atoms with Crippen LogP contribution in [0.3, 0.4) is 0 Å². The number of rotatable bonds is 5. The Balaban J connectivity index is 1.76. The first-order valence-electron chi connectivity index (χ1n) is 7.01. The Morgan fingerprint density at radius 1 is 1.25 bits per heavy atom. The monoisotopic (exact) mass is 275 g/mol. The molecule has 1 aromatic rings. The predicted octanol–water partition coefficient (Wildman–Crippen LogP) is 0.866. The smallest absolute Gasteiger partial charge is 0.119 e. The maximum Gasteiger partial charge on any atom is 0.119 e. The molecule has 1 aromatic carbocycles. The van der Waals surface area contributed by atoms with Crippen LogP contribution in [0.2, 0.25) is 0 Å². The van der Waals surface area contributed by atoms with Crippen molar-refractivity contribution in [2.24, 2.45) is 0 Å². The Morgan fingerprint density at radius 2 is 2.05 bits per heavy atom. The van der Waals surface area contributed by atoms with Gasteiger partial charge in [-0.15, -0.1) is 0 Å². The van der Waals surface area contributed by atoms with Crippen molar-refractivity contribution in [3.63, 3.8) is 0 Å². The molecular weight excluding hydrogens is 254 g/mol.